The van der Waals surface area contributed by atoms with E-state index in [0.717, 1.165) is 15.7 Å². The molecule has 3 aromatic rings. The maximum Gasteiger partial charge on any atom is 0.171 e. The SMILES string of the molecule is Cc1ccc([C@H](NC(=S)Nc2ccc(Br)c(Cl)c2)c2ccccc2)c(C)c1. The lowest BCUT2D eigenvalue weighted by Crippen LogP contribution is -2.33. The fourth-order valence-electron chi connectivity index (χ4n) is 3.01. The minimum atomic E-state index is -0.0438. The molecule has 27 heavy (non-hydrogen) atoms. The Morgan fingerprint density at radius 3 is 2.41 bits per heavy atom. The molecule has 0 aliphatic heterocycles. The van der Waals surface area contributed by atoms with Gasteiger partial charge in [0.2, 0.25) is 0 Å². The van der Waals surface area contributed by atoms with E-state index in [4.69, 9.17) is 23.8 Å². The first kappa shape index (κ1) is 19.9. The number of rotatable bonds is 4. The predicted molar refractivity (Wildman–Crippen MR) is 123 cm³/mol. The van der Waals surface area contributed by atoms with Crippen LogP contribution in [0.25, 0.3) is 0 Å². The summed E-state index contributed by atoms with van der Waals surface area (Å²) in [6.07, 6.45) is 0. The summed E-state index contributed by atoms with van der Waals surface area (Å²) in [5.74, 6) is 0. The molecule has 5 heteroatoms. The van der Waals surface area contributed by atoms with Crippen LogP contribution in [0.1, 0.15) is 28.3 Å². The molecule has 2 N–H and O–H groups in total. The second-order valence-corrected chi connectivity index (χ2v) is 8.10. The van der Waals surface area contributed by atoms with Crippen LogP contribution < -0.4 is 10.6 Å². The standard InChI is InChI=1S/C22H20BrClN2S/c1-14-8-10-18(15(2)12-14)21(16-6-4-3-5-7-16)26-22(27)25-17-9-11-19(23)20(24)13-17/h3-13,21H,1-2H3,(H2,25,26,27)/t21-/m1/s1. The third-order valence-electron chi connectivity index (χ3n) is 4.32. The fourth-order valence-corrected chi connectivity index (χ4v) is 3.67. The molecule has 0 aliphatic carbocycles. The van der Waals surface area contributed by atoms with Crippen LogP contribution >= 0.6 is 39.7 Å². The van der Waals surface area contributed by atoms with Crippen molar-refractivity contribution in [3.8, 4) is 0 Å². The molecular formula is C22H20BrClN2S. The average Bonchev–Trinajstić information content (AvgIpc) is 2.64. The van der Waals surface area contributed by atoms with Gasteiger partial charge in [0.25, 0.3) is 0 Å². The summed E-state index contributed by atoms with van der Waals surface area (Å²) in [6, 6.07) is 22.4. The van der Waals surface area contributed by atoms with Crippen molar-refractivity contribution in [1.82, 2.24) is 5.32 Å². The van der Waals surface area contributed by atoms with E-state index in [0.29, 0.717) is 10.1 Å². The van der Waals surface area contributed by atoms with Crippen molar-refractivity contribution < 1.29 is 0 Å². The van der Waals surface area contributed by atoms with Gasteiger partial charge in [0, 0.05) is 10.2 Å². The highest BCUT2D eigenvalue weighted by Crippen LogP contribution is 2.27. The maximum absolute atomic E-state index is 6.18. The Labute approximate surface area is 179 Å². The molecule has 0 aromatic heterocycles. The van der Waals surface area contributed by atoms with Gasteiger partial charge < -0.3 is 10.6 Å². The minimum Gasteiger partial charge on any atom is -0.352 e. The summed E-state index contributed by atoms with van der Waals surface area (Å²) in [6.45, 7) is 4.23. The van der Waals surface area contributed by atoms with E-state index in [1.165, 1.54) is 16.7 Å². The smallest absolute Gasteiger partial charge is 0.171 e. The van der Waals surface area contributed by atoms with Crippen molar-refractivity contribution in [2.75, 3.05) is 5.32 Å². The highest BCUT2D eigenvalue weighted by Gasteiger charge is 2.17. The average molecular weight is 460 g/mol. The number of hydrogen-bond donors (Lipinski definition) is 2. The Kier molecular flexibility index (Phi) is 6.53. The van der Waals surface area contributed by atoms with Gasteiger partial charge in [-0.2, -0.15) is 0 Å². The number of halogens is 2. The minimum absolute atomic E-state index is 0.0438. The van der Waals surface area contributed by atoms with Crippen LogP contribution in [0, 0.1) is 13.8 Å². The van der Waals surface area contributed by atoms with Gasteiger partial charge in [0.1, 0.15) is 0 Å². The summed E-state index contributed by atoms with van der Waals surface area (Å²) >= 11 is 15.2. The summed E-state index contributed by atoms with van der Waals surface area (Å²) in [7, 11) is 0. The lowest BCUT2D eigenvalue weighted by Gasteiger charge is -2.24. The van der Waals surface area contributed by atoms with E-state index in [1.807, 2.05) is 36.4 Å². The zero-order chi connectivity index (χ0) is 19.4. The van der Waals surface area contributed by atoms with E-state index in [-0.39, 0.29) is 6.04 Å². The second-order valence-electron chi connectivity index (χ2n) is 6.43. The molecule has 0 radical (unpaired) electrons. The van der Waals surface area contributed by atoms with Crippen LogP contribution in [-0.4, -0.2) is 5.11 Å². The molecule has 1 atom stereocenters. The van der Waals surface area contributed by atoms with E-state index in [9.17, 15) is 0 Å². The van der Waals surface area contributed by atoms with Gasteiger partial charge in [-0.05, 0) is 76.9 Å². The first-order valence-electron chi connectivity index (χ1n) is 8.58. The van der Waals surface area contributed by atoms with Crippen LogP contribution in [0.15, 0.2) is 71.2 Å². The van der Waals surface area contributed by atoms with Gasteiger partial charge in [-0.3, -0.25) is 0 Å². The van der Waals surface area contributed by atoms with Crippen LogP contribution in [0.3, 0.4) is 0 Å². The van der Waals surface area contributed by atoms with Gasteiger partial charge in [0.15, 0.2) is 5.11 Å². The van der Waals surface area contributed by atoms with Crippen molar-refractivity contribution in [3.63, 3.8) is 0 Å². The number of hydrogen-bond acceptors (Lipinski definition) is 1. The van der Waals surface area contributed by atoms with Gasteiger partial charge in [-0.15, -0.1) is 0 Å². The molecule has 0 unspecified atom stereocenters. The molecule has 138 valence electrons. The zero-order valence-electron chi connectivity index (χ0n) is 15.1. The van der Waals surface area contributed by atoms with E-state index in [1.54, 1.807) is 0 Å². The van der Waals surface area contributed by atoms with Gasteiger partial charge in [-0.1, -0.05) is 65.7 Å². The lowest BCUT2D eigenvalue weighted by atomic mass is 9.94. The molecule has 3 aromatic carbocycles. The molecule has 0 amide bonds. The molecule has 0 aliphatic rings. The van der Waals surface area contributed by atoms with Gasteiger partial charge >= 0.3 is 0 Å². The van der Waals surface area contributed by atoms with E-state index < -0.39 is 0 Å². The predicted octanol–water partition coefficient (Wildman–Crippen LogP) is 6.80. The Balaban J connectivity index is 1.87. The van der Waals surface area contributed by atoms with Crippen molar-refractivity contribution in [2.45, 2.75) is 19.9 Å². The third-order valence-corrected chi connectivity index (χ3v) is 5.77. The summed E-state index contributed by atoms with van der Waals surface area (Å²) < 4.78 is 0.853. The lowest BCUT2D eigenvalue weighted by molar-refractivity contribution is 0.762. The van der Waals surface area contributed by atoms with Crippen molar-refractivity contribution >= 4 is 50.5 Å². The van der Waals surface area contributed by atoms with Crippen LogP contribution in [0.4, 0.5) is 5.69 Å². The first-order chi connectivity index (χ1) is 12.9. The zero-order valence-corrected chi connectivity index (χ0v) is 18.3. The van der Waals surface area contributed by atoms with E-state index in [2.05, 4.69) is 70.7 Å². The van der Waals surface area contributed by atoms with Gasteiger partial charge in [0.05, 0.1) is 11.1 Å². The molecule has 0 spiro atoms. The Morgan fingerprint density at radius 1 is 1.00 bits per heavy atom. The van der Waals surface area contributed by atoms with Crippen LogP contribution in [0.5, 0.6) is 0 Å². The Hall–Kier alpha value is -1.88. The Bertz CT molecular complexity index is 960. The molecular weight excluding hydrogens is 440 g/mol. The highest BCUT2D eigenvalue weighted by molar-refractivity contribution is 9.10. The summed E-state index contributed by atoms with van der Waals surface area (Å²) in [5.41, 5.74) is 5.67. The molecule has 0 bridgehead atoms. The quantitative estimate of drug-likeness (QED) is 0.420. The summed E-state index contributed by atoms with van der Waals surface area (Å²) in [5, 5.41) is 7.86. The molecule has 2 nitrogen and oxygen atoms in total. The monoisotopic (exact) mass is 458 g/mol. The van der Waals surface area contributed by atoms with Crippen LogP contribution in [-0.2, 0) is 0 Å². The first-order valence-corrected chi connectivity index (χ1v) is 10.2. The fraction of sp³-hybridized carbons (Fsp3) is 0.136. The molecule has 0 fully saturated rings. The molecule has 3 rings (SSSR count). The number of aryl methyl sites for hydroxylation is 2. The third kappa shape index (κ3) is 5.10. The summed E-state index contributed by atoms with van der Waals surface area (Å²) in [4.78, 5) is 0. The molecule has 0 saturated carbocycles. The molecule has 0 heterocycles. The molecule has 0 saturated heterocycles. The second kappa shape index (κ2) is 8.87. The van der Waals surface area contributed by atoms with Crippen LogP contribution in [0.2, 0.25) is 5.02 Å². The Morgan fingerprint density at radius 2 is 1.74 bits per heavy atom. The maximum atomic E-state index is 6.18. The normalized spacial score (nSPS) is 11.7. The van der Waals surface area contributed by atoms with Gasteiger partial charge in [-0.25, -0.2) is 0 Å². The topological polar surface area (TPSA) is 24.1 Å². The number of anilines is 1. The van der Waals surface area contributed by atoms with E-state index >= 15 is 0 Å². The highest BCUT2D eigenvalue weighted by atomic mass is 79.9. The van der Waals surface area contributed by atoms with Crippen molar-refractivity contribution in [1.29, 1.82) is 0 Å². The number of benzene rings is 3. The number of thiocarbonyl (C=S) groups is 1. The largest absolute Gasteiger partial charge is 0.352 e. The van der Waals surface area contributed by atoms with Crippen molar-refractivity contribution in [2.24, 2.45) is 0 Å². The number of nitrogens with one attached hydrogen (secondary N) is 2. The van der Waals surface area contributed by atoms with Crippen molar-refractivity contribution in [3.05, 3.63) is 98.5 Å².